The number of carbonyl (C=O) groups excluding carboxylic acids is 1. The van der Waals surface area contributed by atoms with Gasteiger partial charge in [-0.25, -0.2) is 0 Å². The Balaban J connectivity index is 1.40. The highest BCUT2D eigenvalue weighted by atomic mass is 35.5. The first-order valence-electron chi connectivity index (χ1n) is 10.1. The maximum absolute atomic E-state index is 14.1. The second-order valence-corrected chi connectivity index (χ2v) is 12.1. The minimum absolute atomic E-state index is 0.104. The van der Waals surface area contributed by atoms with Crippen LogP contribution in [-0.2, 0) is 11.2 Å². The third kappa shape index (κ3) is 2.52. The molecule has 4 fully saturated rings. The van der Waals surface area contributed by atoms with E-state index in [2.05, 4.69) is 33.9 Å². The maximum Gasteiger partial charge on any atom is 0.229 e. The van der Waals surface area contributed by atoms with E-state index in [0.717, 1.165) is 45.1 Å². The first kappa shape index (κ1) is 17.1. The lowest BCUT2D eigenvalue weighted by molar-refractivity contribution is -0.158. The van der Waals surface area contributed by atoms with Crippen molar-refractivity contribution >= 4 is 40.2 Å². The van der Waals surface area contributed by atoms with Gasteiger partial charge in [-0.15, -0.1) is 34.3 Å². The molecule has 3 atom stereocenters. The number of hydrogen-bond acceptors (Lipinski definition) is 3. The van der Waals surface area contributed by atoms with Gasteiger partial charge in [0, 0.05) is 21.2 Å². The summed E-state index contributed by atoms with van der Waals surface area (Å²) in [5, 5.41) is 4.33. The van der Waals surface area contributed by atoms with E-state index in [-0.39, 0.29) is 16.3 Å². The molecule has 1 amide bonds. The average molecular weight is 418 g/mol. The van der Waals surface area contributed by atoms with E-state index < -0.39 is 0 Å². The maximum atomic E-state index is 14.1. The van der Waals surface area contributed by atoms with Crippen molar-refractivity contribution < 1.29 is 4.79 Å². The Labute approximate surface area is 173 Å². The number of rotatable bonds is 2. The summed E-state index contributed by atoms with van der Waals surface area (Å²) in [5.41, 5.74) is 1.15. The predicted octanol–water partition coefficient (Wildman–Crippen LogP) is 5.86. The fourth-order valence-corrected chi connectivity index (χ4v) is 9.45. The molecule has 5 heteroatoms. The standard InChI is InChI=1S/C22H24ClNOS2/c23-22-11-14-8-15(12-22)10-21(9-14,13-22)20(25)24-5-3-17-16(4-7-27-17)19(24)18-2-1-6-26-18/h1-2,4,6-7,14-15,19H,3,5,8-13H2/t14-,15-,19-,21?,22?/m1/s1. The van der Waals surface area contributed by atoms with Gasteiger partial charge in [0.15, 0.2) is 0 Å². The van der Waals surface area contributed by atoms with E-state index in [1.54, 1.807) is 11.3 Å². The summed E-state index contributed by atoms with van der Waals surface area (Å²) in [6.45, 7) is 0.848. The van der Waals surface area contributed by atoms with Crippen LogP contribution >= 0.6 is 34.3 Å². The smallest absolute Gasteiger partial charge is 0.229 e. The van der Waals surface area contributed by atoms with E-state index in [0.29, 0.717) is 17.7 Å². The zero-order valence-electron chi connectivity index (χ0n) is 15.3. The molecule has 2 aromatic heterocycles. The van der Waals surface area contributed by atoms with Crippen molar-refractivity contribution in [1.82, 2.24) is 4.90 Å². The fraction of sp³-hybridized carbons (Fsp3) is 0.591. The van der Waals surface area contributed by atoms with E-state index >= 15 is 0 Å². The quantitative estimate of drug-likeness (QED) is 0.560. The highest BCUT2D eigenvalue weighted by Gasteiger charge is 2.61. The molecule has 27 heavy (non-hydrogen) atoms. The number of thiophene rings is 2. The molecule has 0 radical (unpaired) electrons. The number of hydrogen-bond donors (Lipinski definition) is 0. The molecule has 0 unspecified atom stereocenters. The van der Waals surface area contributed by atoms with Crippen molar-refractivity contribution in [2.75, 3.05) is 6.54 Å². The highest BCUT2D eigenvalue weighted by molar-refractivity contribution is 7.10. The molecule has 0 N–H and O–H groups in total. The second kappa shape index (κ2) is 5.84. The van der Waals surface area contributed by atoms with Gasteiger partial charge in [0.25, 0.3) is 0 Å². The Hall–Kier alpha value is -0.840. The van der Waals surface area contributed by atoms with Crippen LogP contribution in [-0.4, -0.2) is 22.2 Å². The van der Waals surface area contributed by atoms with E-state index in [4.69, 9.17) is 11.6 Å². The van der Waals surface area contributed by atoms with Gasteiger partial charge in [0.1, 0.15) is 0 Å². The molecule has 7 rings (SSSR count). The summed E-state index contributed by atoms with van der Waals surface area (Å²) < 4.78 is 0. The van der Waals surface area contributed by atoms with Gasteiger partial charge in [-0.1, -0.05) is 6.07 Å². The SMILES string of the molecule is O=C(N1CCc2sccc2[C@@H]1c1cccs1)C12C[C@H]3C[C@@H](CC(Cl)(C3)C1)C2. The molecule has 1 aliphatic heterocycles. The summed E-state index contributed by atoms with van der Waals surface area (Å²) in [7, 11) is 0. The minimum atomic E-state index is -0.200. The molecule has 4 aliphatic carbocycles. The Morgan fingerprint density at radius 1 is 1.11 bits per heavy atom. The number of carbonyl (C=O) groups is 1. The Bertz CT molecular complexity index is 874. The first-order chi connectivity index (χ1) is 13.1. The molecule has 5 aliphatic rings. The van der Waals surface area contributed by atoms with Crippen LogP contribution in [0.3, 0.4) is 0 Å². The number of halogens is 1. The second-order valence-electron chi connectivity index (χ2n) is 9.36. The Kier molecular flexibility index (Phi) is 3.69. The van der Waals surface area contributed by atoms with Gasteiger partial charge in [0.2, 0.25) is 5.91 Å². The van der Waals surface area contributed by atoms with Crippen LogP contribution in [0.4, 0.5) is 0 Å². The van der Waals surface area contributed by atoms with Gasteiger partial charge >= 0.3 is 0 Å². The summed E-state index contributed by atoms with van der Waals surface area (Å²) >= 11 is 10.7. The fourth-order valence-electron chi connectivity index (χ4n) is 6.99. The molecular formula is C22H24ClNOS2. The van der Waals surface area contributed by atoms with Gasteiger partial charge < -0.3 is 4.90 Å². The van der Waals surface area contributed by atoms with Crippen LogP contribution in [0.25, 0.3) is 0 Å². The Morgan fingerprint density at radius 3 is 2.63 bits per heavy atom. The van der Waals surface area contributed by atoms with Crippen LogP contribution in [0, 0.1) is 17.3 Å². The van der Waals surface area contributed by atoms with Crippen LogP contribution in [0.15, 0.2) is 29.0 Å². The molecule has 2 aromatic rings. The van der Waals surface area contributed by atoms with Gasteiger partial charge in [-0.2, -0.15) is 0 Å². The summed E-state index contributed by atoms with van der Waals surface area (Å²) in [4.78, 5) is 19.0. The topological polar surface area (TPSA) is 20.3 Å². The molecule has 0 saturated heterocycles. The van der Waals surface area contributed by atoms with Gasteiger partial charge in [-0.05, 0) is 85.2 Å². The van der Waals surface area contributed by atoms with Crippen molar-refractivity contribution in [1.29, 1.82) is 0 Å². The van der Waals surface area contributed by atoms with E-state index in [1.165, 1.54) is 21.7 Å². The van der Waals surface area contributed by atoms with Crippen LogP contribution < -0.4 is 0 Å². The Morgan fingerprint density at radius 2 is 1.93 bits per heavy atom. The minimum Gasteiger partial charge on any atom is -0.330 e. The largest absolute Gasteiger partial charge is 0.330 e. The molecule has 0 spiro atoms. The lowest BCUT2D eigenvalue weighted by Crippen LogP contribution is -2.60. The van der Waals surface area contributed by atoms with Crippen molar-refractivity contribution in [3.63, 3.8) is 0 Å². The van der Waals surface area contributed by atoms with Crippen molar-refractivity contribution in [2.24, 2.45) is 17.3 Å². The zero-order chi connectivity index (χ0) is 18.2. The number of fused-ring (bicyclic) bond motifs is 1. The van der Waals surface area contributed by atoms with Crippen molar-refractivity contribution in [2.45, 2.75) is 55.9 Å². The van der Waals surface area contributed by atoms with Crippen LogP contribution in [0.2, 0.25) is 0 Å². The number of amides is 1. The van der Waals surface area contributed by atoms with Crippen molar-refractivity contribution in [3.8, 4) is 0 Å². The van der Waals surface area contributed by atoms with Gasteiger partial charge in [-0.3, -0.25) is 4.79 Å². The van der Waals surface area contributed by atoms with Gasteiger partial charge in [0.05, 0.1) is 11.5 Å². The summed E-state index contributed by atoms with van der Waals surface area (Å²) in [6, 6.07) is 6.66. The van der Waals surface area contributed by atoms with Crippen LogP contribution in [0.1, 0.15) is 59.9 Å². The average Bonchev–Trinajstić information content (AvgIpc) is 3.29. The van der Waals surface area contributed by atoms with Crippen molar-refractivity contribution in [3.05, 3.63) is 44.3 Å². The number of alkyl halides is 1. The lowest BCUT2D eigenvalue weighted by atomic mass is 9.49. The van der Waals surface area contributed by atoms with Crippen LogP contribution in [0.5, 0.6) is 0 Å². The van der Waals surface area contributed by atoms with E-state index in [1.807, 2.05) is 11.3 Å². The highest BCUT2D eigenvalue weighted by Crippen LogP contribution is 2.64. The zero-order valence-corrected chi connectivity index (χ0v) is 17.7. The first-order valence-corrected chi connectivity index (χ1v) is 12.3. The predicted molar refractivity (Wildman–Crippen MR) is 112 cm³/mol. The number of nitrogens with zero attached hydrogens (tertiary/aromatic N) is 1. The molecule has 0 aromatic carbocycles. The third-order valence-corrected chi connectivity index (χ3v) is 9.85. The normalized spacial score (nSPS) is 39.6. The van der Waals surface area contributed by atoms with E-state index in [9.17, 15) is 4.79 Å². The summed E-state index contributed by atoms with van der Waals surface area (Å²) in [6.07, 6.45) is 7.59. The summed E-state index contributed by atoms with van der Waals surface area (Å²) in [5.74, 6) is 1.72. The molecule has 4 bridgehead atoms. The molecule has 2 nitrogen and oxygen atoms in total. The molecule has 142 valence electrons. The molecule has 4 saturated carbocycles. The lowest BCUT2D eigenvalue weighted by Gasteiger charge is -2.60. The third-order valence-electron chi connectivity index (χ3n) is 7.48. The molecular weight excluding hydrogens is 394 g/mol. The molecule has 3 heterocycles. The monoisotopic (exact) mass is 417 g/mol.